The number of nitrogens with one attached hydrogen (secondary N) is 1. The first-order valence-electron chi connectivity index (χ1n) is 6.49. The largest absolute Gasteiger partial charge is 0.310 e. The van der Waals surface area contributed by atoms with Crippen LogP contribution < -0.4 is 5.32 Å². The van der Waals surface area contributed by atoms with Crippen molar-refractivity contribution >= 4 is 11.8 Å². The predicted octanol–water partition coefficient (Wildman–Crippen LogP) is 3.75. The molecule has 1 nitrogen and oxygen atoms in total. The Bertz CT molecular complexity index is 403. The SMILES string of the molecule is Fc1cccc2c1SCCC2NCCC1CC1. The Morgan fingerprint density at radius 1 is 1.29 bits per heavy atom. The monoisotopic (exact) mass is 251 g/mol. The van der Waals surface area contributed by atoms with Crippen molar-refractivity contribution < 1.29 is 4.39 Å². The summed E-state index contributed by atoms with van der Waals surface area (Å²) in [5.41, 5.74) is 1.16. The second kappa shape index (κ2) is 4.99. The topological polar surface area (TPSA) is 12.0 Å². The highest BCUT2D eigenvalue weighted by molar-refractivity contribution is 7.99. The Hall–Kier alpha value is -0.540. The minimum absolute atomic E-state index is 0.0545. The molecule has 1 unspecified atom stereocenters. The van der Waals surface area contributed by atoms with Crippen molar-refractivity contribution in [3.05, 3.63) is 29.6 Å². The zero-order valence-corrected chi connectivity index (χ0v) is 10.7. The van der Waals surface area contributed by atoms with E-state index < -0.39 is 0 Å². The van der Waals surface area contributed by atoms with Crippen molar-refractivity contribution in [3.63, 3.8) is 0 Å². The Morgan fingerprint density at radius 3 is 3.00 bits per heavy atom. The van der Waals surface area contributed by atoms with Gasteiger partial charge in [-0.2, -0.15) is 0 Å². The maximum atomic E-state index is 13.7. The fraction of sp³-hybridized carbons (Fsp3) is 0.571. The maximum Gasteiger partial charge on any atom is 0.137 e. The van der Waals surface area contributed by atoms with Gasteiger partial charge in [-0.05, 0) is 42.7 Å². The summed E-state index contributed by atoms with van der Waals surface area (Å²) in [6, 6.07) is 5.83. The standard InChI is InChI=1S/C14H18FNS/c15-12-3-1-2-11-13(7-9-17-14(11)12)16-8-6-10-4-5-10/h1-3,10,13,16H,4-9H2. The second-order valence-corrected chi connectivity index (χ2v) is 6.14. The molecule has 0 radical (unpaired) electrons. The molecule has 0 bridgehead atoms. The average Bonchev–Trinajstić information content (AvgIpc) is 3.14. The highest BCUT2D eigenvalue weighted by atomic mass is 32.2. The number of halogens is 1. The predicted molar refractivity (Wildman–Crippen MR) is 69.8 cm³/mol. The first kappa shape index (κ1) is 11.5. The van der Waals surface area contributed by atoms with Gasteiger partial charge in [0.1, 0.15) is 5.82 Å². The summed E-state index contributed by atoms with van der Waals surface area (Å²) in [5, 5.41) is 3.60. The van der Waals surface area contributed by atoms with Crippen LogP contribution in [0.25, 0.3) is 0 Å². The van der Waals surface area contributed by atoms with Gasteiger partial charge in [-0.25, -0.2) is 4.39 Å². The number of fused-ring (bicyclic) bond motifs is 1. The van der Waals surface area contributed by atoms with Gasteiger partial charge in [0.25, 0.3) is 0 Å². The summed E-state index contributed by atoms with van der Waals surface area (Å²) in [6.45, 7) is 1.08. The molecule has 1 aromatic carbocycles. The fourth-order valence-electron chi connectivity index (χ4n) is 2.47. The van der Waals surface area contributed by atoms with Gasteiger partial charge in [-0.1, -0.05) is 25.0 Å². The summed E-state index contributed by atoms with van der Waals surface area (Å²) < 4.78 is 13.7. The lowest BCUT2D eigenvalue weighted by molar-refractivity contribution is 0.481. The molecule has 1 fully saturated rings. The van der Waals surface area contributed by atoms with E-state index in [0.29, 0.717) is 6.04 Å². The van der Waals surface area contributed by atoms with Crippen LogP contribution in [0.1, 0.15) is 37.3 Å². The molecule has 2 aliphatic rings. The van der Waals surface area contributed by atoms with Gasteiger partial charge in [0.15, 0.2) is 0 Å². The van der Waals surface area contributed by atoms with Crippen molar-refractivity contribution in [2.24, 2.45) is 5.92 Å². The van der Waals surface area contributed by atoms with Crippen LogP contribution in [0.4, 0.5) is 4.39 Å². The maximum absolute atomic E-state index is 13.7. The van der Waals surface area contributed by atoms with Crippen molar-refractivity contribution in [1.82, 2.24) is 5.32 Å². The molecule has 17 heavy (non-hydrogen) atoms. The summed E-state index contributed by atoms with van der Waals surface area (Å²) in [5.74, 6) is 1.93. The van der Waals surface area contributed by atoms with Gasteiger partial charge in [0.05, 0.1) is 0 Å². The summed E-state index contributed by atoms with van der Waals surface area (Å²) in [6.07, 6.45) is 5.22. The molecule has 3 rings (SSSR count). The van der Waals surface area contributed by atoms with Crippen molar-refractivity contribution in [2.45, 2.75) is 36.6 Å². The number of thioether (sulfide) groups is 1. The highest BCUT2D eigenvalue weighted by Crippen LogP contribution is 2.38. The van der Waals surface area contributed by atoms with E-state index >= 15 is 0 Å². The average molecular weight is 251 g/mol. The van der Waals surface area contributed by atoms with Crippen molar-refractivity contribution in [2.75, 3.05) is 12.3 Å². The molecule has 92 valence electrons. The molecule has 0 amide bonds. The van der Waals surface area contributed by atoms with Crippen LogP contribution in [0.5, 0.6) is 0 Å². The summed E-state index contributed by atoms with van der Waals surface area (Å²) in [4.78, 5) is 0.864. The van der Waals surface area contributed by atoms with E-state index in [4.69, 9.17) is 0 Å². The van der Waals surface area contributed by atoms with Gasteiger partial charge in [0, 0.05) is 10.9 Å². The molecule has 3 heteroatoms. The van der Waals surface area contributed by atoms with Gasteiger partial charge in [-0.3, -0.25) is 0 Å². The zero-order chi connectivity index (χ0) is 11.7. The molecule has 0 aromatic heterocycles. The van der Waals surface area contributed by atoms with Crippen LogP contribution in [0.15, 0.2) is 23.1 Å². The lowest BCUT2D eigenvalue weighted by atomic mass is 10.0. The third kappa shape index (κ3) is 2.66. The Balaban J connectivity index is 1.67. The van der Waals surface area contributed by atoms with Crippen LogP contribution in [0.2, 0.25) is 0 Å². The Labute approximate surface area is 106 Å². The molecule has 1 heterocycles. The minimum atomic E-state index is -0.0545. The van der Waals surface area contributed by atoms with Gasteiger partial charge in [0.2, 0.25) is 0 Å². The van der Waals surface area contributed by atoms with Crippen LogP contribution in [-0.2, 0) is 0 Å². The number of benzene rings is 1. The van der Waals surface area contributed by atoms with Crippen LogP contribution in [0, 0.1) is 11.7 Å². The molecule has 0 spiro atoms. The Morgan fingerprint density at radius 2 is 2.18 bits per heavy atom. The van der Waals surface area contributed by atoms with Crippen molar-refractivity contribution in [1.29, 1.82) is 0 Å². The van der Waals surface area contributed by atoms with Crippen molar-refractivity contribution in [3.8, 4) is 0 Å². The second-order valence-electron chi connectivity index (χ2n) is 5.03. The van der Waals surface area contributed by atoms with E-state index in [2.05, 4.69) is 11.4 Å². The normalized spacial score (nSPS) is 23.5. The number of rotatable bonds is 4. The number of hydrogen-bond acceptors (Lipinski definition) is 2. The molecule has 1 aliphatic heterocycles. The fourth-order valence-corrected chi connectivity index (χ4v) is 3.61. The lowest BCUT2D eigenvalue weighted by Crippen LogP contribution is -2.26. The molecule has 1 aliphatic carbocycles. The van der Waals surface area contributed by atoms with Gasteiger partial charge < -0.3 is 5.32 Å². The zero-order valence-electron chi connectivity index (χ0n) is 9.92. The quantitative estimate of drug-likeness (QED) is 0.874. The highest BCUT2D eigenvalue weighted by Gasteiger charge is 2.24. The van der Waals surface area contributed by atoms with E-state index in [-0.39, 0.29) is 5.82 Å². The van der Waals surface area contributed by atoms with E-state index in [9.17, 15) is 4.39 Å². The molecular weight excluding hydrogens is 233 g/mol. The van der Waals surface area contributed by atoms with E-state index in [1.165, 1.54) is 19.3 Å². The van der Waals surface area contributed by atoms with E-state index in [1.54, 1.807) is 17.8 Å². The first-order valence-corrected chi connectivity index (χ1v) is 7.48. The third-order valence-corrected chi connectivity index (χ3v) is 4.83. The minimum Gasteiger partial charge on any atom is -0.310 e. The van der Waals surface area contributed by atoms with Gasteiger partial charge >= 0.3 is 0 Å². The molecular formula is C14H18FNS. The van der Waals surface area contributed by atoms with Crippen LogP contribution in [-0.4, -0.2) is 12.3 Å². The van der Waals surface area contributed by atoms with Crippen LogP contribution in [0.3, 0.4) is 0 Å². The Kier molecular flexibility index (Phi) is 3.39. The first-order chi connectivity index (χ1) is 8.34. The van der Waals surface area contributed by atoms with Gasteiger partial charge in [-0.15, -0.1) is 11.8 Å². The molecule has 1 aromatic rings. The summed E-state index contributed by atoms with van der Waals surface area (Å²) in [7, 11) is 0. The lowest BCUT2D eigenvalue weighted by Gasteiger charge is -2.26. The molecule has 1 saturated carbocycles. The molecule has 0 saturated heterocycles. The number of hydrogen-bond donors (Lipinski definition) is 1. The van der Waals surface area contributed by atoms with E-state index in [1.807, 2.05) is 6.07 Å². The van der Waals surface area contributed by atoms with E-state index in [0.717, 1.165) is 35.1 Å². The van der Waals surface area contributed by atoms with Crippen LogP contribution >= 0.6 is 11.8 Å². The molecule has 1 atom stereocenters. The molecule has 1 N–H and O–H groups in total. The third-order valence-electron chi connectivity index (χ3n) is 3.67. The smallest absolute Gasteiger partial charge is 0.137 e. The summed E-state index contributed by atoms with van der Waals surface area (Å²) >= 11 is 1.66.